The standard InChI is InChI=1S/C30H39F7O3/c1-3-27-15-14-18-16-20(38)10-11-21(18)25(27)19(17-26(2)22(27)12-13-23(26)39)8-6-4-5-7-9-24(40)28(31,32)29(33,34)30(35,36)37/h3,10-11,16,19,22-25,38-40H,1,4-9,12-15,17H2,2H3/t19-,22+,23-,24+,25+,26-,27-/m0/s1. The van der Waals surface area contributed by atoms with Crippen molar-refractivity contribution in [2.45, 2.75) is 114 Å². The largest absolute Gasteiger partial charge is 0.508 e. The van der Waals surface area contributed by atoms with E-state index in [0.29, 0.717) is 19.3 Å². The van der Waals surface area contributed by atoms with E-state index in [1.54, 1.807) is 12.1 Å². The zero-order valence-corrected chi connectivity index (χ0v) is 22.7. The molecule has 3 aliphatic rings. The Morgan fingerprint density at radius 3 is 2.38 bits per heavy atom. The van der Waals surface area contributed by atoms with Crippen LogP contribution in [0.2, 0.25) is 0 Å². The maximum atomic E-state index is 13.7. The van der Waals surface area contributed by atoms with Gasteiger partial charge in [0.2, 0.25) is 0 Å². The fourth-order valence-corrected chi connectivity index (χ4v) is 8.37. The molecule has 10 heteroatoms. The molecule has 0 spiro atoms. The lowest BCUT2D eigenvalue weighted by Gasteiger charge is -2.60. The Morgan fingerprint density at radius 2 is 1.73 bits per heavy atom. The number of phenolic OH excluding ortho intramolecular Hbond substituents is 1. The number of aliphatic hydroxyl groups is 2. The molecule has 0 aromatic heterocycles. The highest BCUT2D eigenvalue weighted by Gasteiger charge is 2.75. The predicted octanol–water partition coefficient (Wildman–Crippen LogP) is 7.93. The van der Waals surface area contributed by atoms with Crippen LogP contribution in [0.1, 0.15) is 88.2 Å². The number of unbranched alkanes of at least 4 members (excludes halogenated alkanes) is 3. The number of hydrogen-bond donors (Lipinski definition) is 3. The van der Waals surface area contributed by atoms with Crippen LogP contribution in [0.3, 0.4) is 0 Å². The van der Waals surface area contributed by atoms with Crippen molar-refractivity contribution in [2.75, 3.05) is 0 Å². The Labute approximate surface area is 230 Å². The molecule has 0 unspecified atom stereocenters. The number of aliphatic hydroxyl groups excluding tert-OH is 2. The fourth-order valence-electron chi connectivity index (χ4n) is 8.37. The first kappa shape index (κ1) is 31.1. The Kier molecular flexibility index (Phi) is 8.40. The molecule has 40 heavy (non-hydrogen) atoms. The molecule has 2 saturated carbocycles. The molecule has 4 rings (SSSR count). The summed E-state index contributed by atoms with van der Waals surface area (Å²) in [7, 11) is 0. The van der Waals surface area contributed by atoms with Crippen molar-refractivity contribution in [1.29, 1.82) is 0 Å². The van der Waals surface area contributed by atoms with E-state index in [2.05, 4.69) is 19.6 Å². The molecule has 0 heterocycles. The molecule has 1 aromatic carbocycles. The van der Waals surface area contributed by atoms with Crippen molar-refractivity contribution < 1.29 is 46.1 Å². The van der Waals surface area contributed by atoms with Gasteiger partial charge in [0.15, 0.2) is 0 Å². The number of benzene rings is 1. The van der Waals surface area contributed by atoms with Gasteiger partial charge in [-0.25, -0.2) is 0 Å². The number of rotatable bonds is 10. The van der Waals surface area contributed by atoms with E-state index in [4.69, 9.17) is 0 Å². The third-order valence-corrected chi connectivity index (χ3v) is 10.4. The van der Waals surface area contributed by atoms with Crippen LogP contribution in [0.15, 0.2) is 30.9 Å². The molecule has 3 nitrogen and oxygen atoms in total. The van der Waals surface area contributed by atoms with E-state index in [1.165, 1.54) is 5.56 Å². The van der Waals surface area contributed by atoms with Gasteiger partial charge < -0.3 is 15.3 Å². The number of halogens is 7. The summed E-state index contributed by atoms with van der Waals surface area (Å²) in [6, 6.07) is 5.47. The van der Waals surface area contributed by atoms with Crippen LogP contribution < -0.4 is 0 Å². The van der Waals surface area contributed by atoms with Gasteiger partial charge in [-0.3, -0.25) is 0 Å². The molecular formula is C30H39F7O3. The maximum absolute atomic E-state index is 13.7. The molecule has 3 aliphatic carbocycles. The van der Waals surface area contributed by atoms with E-state index in [0.717, 1.165) is 44.1 Å². The smallest absolute Gasteiger partial charge is 0.459 e. The van der Waals surface area contributed by atoms with Gasteiger partial charge in [-0.1, -0.05) is 44.7 Å². The van der Waals surface area contributed by atoms with Gasteiger partial charge in [-0.05, 0) is 96.8 Å². The molecule has 0 amide bonds. The van der Waals surface area contributed by atoms with Gasteiger partial charge in [-0.2, -0.15) is 30.7 Å². The van der Waals surface area contributed by atoms with Crippen molar-refractivity contribution in [3.63, 3.8) is 0 Å². The number of phenols is 1. The Morgan fingerprint density at radius 1 is 1.05 bits per heavy atom. The molecule has 0 radical (unpaired) electrons. The lowest BCUT2D eigenvalue weighted by atomic mass is 9.44. The lowest BCUT2D eigenvalue weighted by Crippen LogP contribution is -2.57. The fraction of sp³-hybridized carbons (Fsp3) is 0.733. The van der Waals surface area contributed by atoms with Crippen molar-refractivity contribution in [3.05, 3.63) is 42.0 Å². The highest BCUT2D eigenvalue weighted by Crippen LogP contribution is 2.69. The normalized spacial score (nSPS) is 33.1. The summed E-state index contributed by atoms with van der Waals surface area (Å²) < 4.78 is 91.0. The van der Waals surface area contributed by atoms with Gasteiger partial charge >= 0.3 is 18.0 Å². The summed E-state index contributed by atoms with van der Waals surface area (Å²) in [6.07, 6.45) is -2.61. The van der Waals surface area contributed by atoms with E-state index in [9.17, 15) is 46.1 Å². The van der Waals surface area contributed by atoms with Crippen molar-refractivity contribution >= 4 is 0 Å². The number of hydrogen-bond acceptors (Lipinski definition) is 3. The molecule has 2 fully saturated rings. The maximum Gasteiger partial charge on any atom is 0.459 e. The molecular weight excluding hydrogens is 541 g/mol. The molecule has 226 valence electrons. The van der Waals surface area contributed by atoms with Crippen LogP contribution in [0.25, 0.3) is 0 Å². The quantitative estimate of drug-likeness (QED) is 0.150. The summed E-state index contributed by atoms with van der Waals surface area (Å²) in [5.74, 6) is -11.2. The second kappa shape index (κ2) is 10.8. The predicted molar refractivity (Wildman–Crippen MR) is 136 cm³/mol. The minimum atomic E-state index is -6.46. The van der Waals surface area contributed by atoms with Crippen LogP contribution in [-0.2, 0) is 6.42 Å². The number of aromatic hydroxyl groups is 1. The summed E-state index contributed by atoms with van der Waals surface area (Å²) in [4.78, 5) is 0. The van der Waals surface area contributed by atoms with Crippen LogP contribution in [0.5, 0.6) is 5.75 Å². The average Bonchev–Trinajstić information content (AvgIpc) is 3.18. The summed E-state index contributed by atoms with van der Waals surface area (Å²) >= 11 is 0. The minimum Gasteiger partial charge on any atom is -0.508 e. The number of allylic oxidation sites excluding steroid dienone is 1. The topological polar surface area (TPSA) is 60.7 Å². The molecule has 7 atom stereocenters. The van der Waals surface area contributed by atoms with E-state index in [1.807, 2.05) is 6.07 Å². The molecule has 0 bridgehead atoms. The second-order valence-corrected chi connectivity index (χ2v) is 12.5. The first-order valence-corrected chi connectivity index (χ1v) is 14.2. The van der Waals surface area contributed by atoms with Crippen LogP contribution in [-0.4, -0.2) is 45.5 Å². The summed E-state index contributed by atoms with van der Waals surface area (Å²) in [5, 5.41) is 30.6. The molecule has 0 aliphatic heterocycles. The zero-order valence-electron chi connectivity index (χ0n) is 22.7. The summed E-state index contributed by atoms with van der Waals surface area (Å²) in [5.41, 5.74) is 1.76. The third kappa shape index (κ3) is 4.95. The van der Waals surface area contributed by atoms with E-state index < -0.39 is 36.7 Å². The Balaban J connectivity index is 1.43. The third-order valence-electron chi connectivity index (χ3n) is 10.4. The van der Waals surface area contributed by atoms with E-state index >= 15 is 0 Å². The SMILES string of the molecule is C=C[C@@]12CCc3cc(O)ccc3[C@H]1[C@@H](CCCCCC[C@@H](O)C(F)(F)C(F)(F)C(F)(F)F)C[C@@]1(C)[C@H]2CC[C@@H]1O. The molecule has 0 saturated heterocycles. The van der Waals surface area contributed by atoms with Gasteiger partial charge in [0.1, 0.15) is 11.9 Å². The zero-order chi connectivity index (χ0) is 29.7. The van der Waals surface area contributed by atoms with Crippen molar-refractivity contribution in [1.82, 2.24) is 0 Å². The lowest BCUT2D eigenvalue weighted by molar-refractivity contribution is -0.371. The monoisotopic (exact) mass is 580 g/mol. The number of aryl methyl sites for hydroxylation is 1. The van der Waals surface area contributed by atoms with E-state index in [-0.39, 0.29) is 40.8 Å². The van der Waals surface area contributed by atoms with Crippen LogP contribution >= 0.6 is 0 Å². The van der Waals surface area contributed by atoms with Gasteiger partial charge in [-0.15, -0.1) is 6.58 Å². The van der Waals surface area contributed by atoms with Gasteiger partial charge in [0.25, 0.3) is 0 Å². The van der Waals surface area contributed by atoms with Gasteiger partial charge in [0, 0.05) is 0 Å². The van der Waals surface area contributed by atoms with Crippen LogP contribution in [0, 0.1) is 22.7 Å². The average molecular weight is 581 g/mol. The first-order valence-electron chi connectivity index (χ1n) is 14.2. The number of alkyl halides is 7. The summed E-state index contributed by atoms with van der Waals surface area (Å²) in [6.45, 7) is 6.40. The van der Waals surface area contributed by atoms with Crippen LogP contribution in [0.4, 0.5) is 30.7 Å². The minimum absolute atomic E-state index is 0.115. The number of fused-ring (bicyclic) bond motifs is 5. The van der Waals surface area contributed by atoms with Gasteiger partial charge in [0.05, 0.1) is 6.10 Å². The first-order chi connectivity index (χ1) is 18.5. The second-order valence-electron chi connectivity index (χ2n) is 12.5. The Hall–Kier alpha value is -1.81. The highest BCUT2D eigenvalue weighted by atomic mass is 19.4. The molecule has 1 aromatic rings. The van der Waals surface area contributed by atoms with Crippen molar-refractivity contribution in [3.8, 4) is 5.75 Å². The van der Waals surface area contributed by atoms with Crippen molar-refractivity contribution in [2.24, 2.45) is 22.7 Å². The molecule has 3 N–H and O–H groups in total. The highest BCUT2D eigenvalue weighted by molar-refractivity contribution is 5.43. The Bertz CT molecular complexity index is 1070.